The first-order chi connectivity index (χ1) is 10.1. The fourth-order valence-electron chi connectivity index (χ4n) is 4.12. The Balaban J connectivity index is 0.00000176. The molecule has 0 atom stereocenters. The van der Waals surface area contributed by atoms with Crippen LogP contribution in [-0.4, -0.2) is 17.6 Å². The Labute approximate surface area is 138 Å². The van der Waals surface area contributed by atoms with Gasteiger partial charge in [-0.25, -0.2) is 0 Å². The summed E-state index contributed by atoms with van der Waals surface area (Å²) in [5.74, 6) is 0.741. The van der Waals surface area contributed by atoms with E-state index in [1.165, 1.54) is 57.1 Å². The number of carbonyl (C=O) groups is 1. The number of amides is 1. The number of aromatic hydroxyl groups is 1. The Morgan fingerprint density at radius 2 is 2.00 bits per heavy atom. The van der Waals surface area contributed by atoms with Crippen molar-refractivity contribution >= 4 is 17.5 Å². The molecule has 122 valence electrons. The van der Waals surface area contributed by atoms with E-state index in [4.69, 9.17) is 11.6 Å². The van der Waals surface area contributed by atoms with Crippen molar-refractivity contribution in [3.8, 4) is 5.75 Å². The first-order valence-electron chi connectivity index (χ1n) is 7.85. The second-order valence-electron chi connectivity index (χ2n) is 6.70. The molecule has 0 saturated heterocycles. The number of rotatable bonds is 3. The molecule has 3 nitrogen and oxygen atoms in total. The van der Waals surface area contributed by atoms with Gasteiger partial charge in [0, 0.05) is 6.54 Å². The Morgan fingerprint density at radius 3 is 2.68 bits per heavy atom. The summed E-state index contributed by atoms with van der Waals surface area (Å²) in [4.78, 5) is 12.3. The number of phenolic OH excluding ortho intramolecular Hbond substituents is 1. The predicted molar refractivity (Wildman–Crippen MR) is 90.4 cm³/mol. The van der Waals surface area contributed by atoms with E-state index in [1.807, 2.05) is 0 Å². The number of hydrogen-bond donors (Lipinski definition) is 2. The lowest BCUT2D eigenvalue weighted by molar-refractivity contribution is 0.0681. The van der Waals surface area contributed by atoms with Gasteiger partial charge in [-0.2, -0.15) is 0 Å². The van der Waals surface area contributed by atoms with Gasteiger partial charge in [-0.1, -0.05) is 44.7 Å². The van der Waals surface area contributed by atoms with E-state index >= 15 is 0 Å². The minimum atomic E-state index is -0.182. The lowest BCUT2D eigenvalue weighted by Crippen LogP contribution is -2.42. The molecule has 2 fully saturated rings. The number of phenols is 1. The van der Waals surface area contributed by atoms with Crippen molar-refractivity contribution in [2.75, 3.05) is 6.54 Å². The average molecular weight is 324 g/mol. The van der Waals surface area contributed by atoms with Gasteiger partial charge >= 0.3 is 0 Å². The molecule has 22 heavy (non-hydrogen) atoms. The minimum absolute atomic E-state index is 0. The molecular weight excluding hydrogens is 298 g/mol. The fraction of sp³-hybridized carbons (Fsp3) is 0.611. The van der Waals surface area contributed by atoms with Crippen LogP contribution in [0.3, 0.4) is 0 Å². The predicted octanol–water partition coefficient (Wildman–Crippen LogP) is 4.77. The molecule has 0 heterocycles. The van der Waals surface area contributed by atoms with Crippen LogP contribution in [0.4, 0.5) is 0 Å². The van der Waals surface area contributed by atoms with Crippen LogP contribution in [0.15, 0.2) is 18.2 Å². The zero-order chi connectivity index (χ0) is 14.9. The Bertz CT molecular complexity index is 534. The summed E-state index contributed by atoms with van der Waals surface area (Å²) in [7, 11) is 0. The lowest BCUT2D eigenvalue weighted by atomic mass is 9.62. The first kappa shape index (κ1) is 17.1. The Morgan fingerprint density at radius 1 is 1.32 bits per heavy atom. The molecule has 1 aromatic carbocycles. The minimum Gasteiger partial charge on any atom is -0.508 e. The maximum Gasteiger partial charge on any atom is 0.252 e. The molecule has 2 bridgehead atoms. The van der Waals surface area contributed by atoms with Crippen LogP contribution in [0.2, 0.25) is 5.02 Å². The number of benzene rings is 1. The van der Waals surface area contributed by atoms with Gasteiger partial charge in [0.1, 0.15) is 5.75 Å². The van der Waals surface area contributed by atoms with Crippen LogP contribution in [0.25, 0.3) is 0 Å². The molecule has 3 rings (SSSR count). The van der Waals surface area contributed by atoms with E-state index in [9.17, 15) is 9.90 Å². The SMILES string of the molecule is C.O=C(NCC12CCCC(CCC1)C2)c1cc(O)ccc1Cl. The lowest BCUT2D eigenvalue weighted by Gasteiger charge is -2.45. The topological polar surface area (TPSA) is 49.3 Å². The highest BCUT2D eigenvalue weighted by Crippen LogP contribution is 2.48. The molecule has 2 N–H and O–H groups in total. The van der Waals surface area contributed by atoms with Crippen molar-refractivity contribution in [3.63, 3.8) is 0 Å². The van der Waals surface area contributed by atoms with Gasteiger partial charge in [-0.05, 0) is 48.8 Å². The molecule has 0 spiro atoms. The quantitative estimate of drug-likeness (QED) is 0.841. The Kier molecular flexibility index (Phi) is 5.38. The van der Waals surface area contributed by atoms with Crippen molar-refractivity contribution in [2.24, 2.45) is 11.3 Å². The van der Waals surface area contributed by atoms with Crippen LogP contribution >= 0.6 is 11.6 Å². The van der Waals surface area contributed by atoms with Gasteiger partial charge in [-0.15, -0.1) is 0 Å². The summed E-state index contributed by atoms with van der Waals surface area (Å²) in [6.45, 7) is 0.730. The van der Waals surface area contributed by atoms with Crippen molar-refractivity contribution in [1.29, 1.82) is 0 Å². The normalized spacial score (nSPS) is 26.9. The van der Waals surface area contributed by atoms with Crippen molar-refractivity contribution in [3.05, 3.63) is 28.8 Å². The van der Waals surface area contributed by atoms with E-state index in [0.717, 1.165) is 12.5 Å². The molecule has 0 radical (unpaired) electrons. The van der Waals surface area contributed by atoms with E-state index in [-0.39, 0.29) is 19.1 Å². The molecule has 1 amide bonds. The standard InChI is InChI=1S/C17H22ClNO2.CH4/c18-15-6-5-13(20)9-14(15)16(21)19-11-17-7-1-3-12(10-17)4-2-8-17;/h5-6,9,12,20H,1-4,7-8,10-11H2,(H,19,21);1H4. The summed E-state index contributed by atoms with van der Waals surface area (Å²) < 4.78 is 0. The third kappa shape index (κ3) is 3.57. The van der Waals surface area contributed by atoms with Gasteiger partial charge in [0.25, 0.3) is 5.91 Å². The highest BCUT2D eigenvalue weighted by molar-refractivity contribution is 6.33. The van der Waals surface area contributed by atoms with Gasteiger partial charge in [0.05, 0.1) is 10.6 Å². The molecule has 0 aromatic heterocycles. The molecule has 2 saturated carbocycles. The third-order valence-corrected chi connectivity index (χ3v) is 5.51. The summed E-state index contributed by atoms with van der Waals surface area (Å²) >= 11 is 6.04. The second kappa shape index (κ2) is 6.91. The van der Waals surface area contributed by atoms with Crippen molar-refractivity contribution in [1.82, 2.24) is 5.32 Å². The molecule has 0 aliphatic heterocycles. The summed E-state index contributed by atoms with van der Waals surface area (Å²) in [5, 5.41) is 12.9. The highest BCUT2D eigenvalue weighted by atomic mass is 35.5. The molecule has 2 aliphatic rings. The molecule has 2 aliphatic carbocycles. The Hall–Kier alpha value is -1.22. The second-order valence-corrected chi connectivity index (χ2v) is 7.11. The maximum atomic E-state index is 12.3. The van der Waals surface area contributed by atoms with E-state index in [2.05, 4.69) is 5.32 Å². The molecule has 4 heteroatoms. The molecule has 1 aromatic rings. The van der Waals surface area contributed by atoms with Crippen LogP contribution in [0.1, 0.15) is 62.7 Å². The van der Waals surface area contributed by atoms with Gasteiger partial charge in [0.2, 0.25) is 0 Å². The summed E-state index contributed by atoms with van der Waals surface area (Å²) in [6, 6.07) is 4.48. The highest BCUT2D eigenvalue weighted by Gasteiger charge is 2.39. The number of nitrogens with one attached hydrogen (secondary N) is 1. The smallest absolute Gasteiger partial charge is 0.252 e. The van der Waals surface area contributed by atoms with Crippen molar-refractivity contribution < 1.29 is 9.90 Å². The number of hydrogen-bond acceptors (Lipinski definition) is 2. The maximum absolute atomic E-state index is 12.3. The third-order valence-electron chi connectivity index (χ3n) is 5.18. The number of fused-ring (bicyclic) bond motifs is 2. The van der Waals surface area contributed by atoms with Gasteiger partial charge in [-0.3, -0.25) is 4.79 Å². The fourth-order valence-corrected chi connectivity index (χ4v) is 4.32. The zero-order valence-corrected chi connectivity index (χ0v) is 13.0. The summed E-state index contributed by atoms with van der Waals surface area (Å²) in [6.07, 6.45) is 8.97. The van der Waals surface area contributed by atoms with Crippen LogP contribution in [0.5, 0.6) is 5.75 Å². The van der Waals surface area contributed by atoms with E-state index < -0.39 is 0 Å². The monoisotopic (exact) mass is 323 g/mol. The van der Waals surface area contributed by atoms with Gasteiger partial charge in [0.15, 0.2) is 0 Å². The van der Waals surface area contributed by atoms with Gasteiger partial charge < -0.3 is 10.4 Å². The van der Waals surface area contributed by atoms with Crippen LogP contribution in [0, 0.1) is 11.3 Å². The van der Waals surface area contributed by atoms with E-state index in [1.54, 1.807) is 6.07 Å². The first-order valence-corrected chi connectivity index (χ1v) is 8.23. The molecule has 0 unspecified atom stereocenters. The summed E-state index contributed by atoms with van der Waals surface area (Å²) in [5.41, 5.74) is 0.649. The van der Waals surface area contributed by atoms with Crippen LogP contribution < -0.4 is 5.32 Å². The van der Waals surface area contributed by atoms with Crippen molar-refractivity contribution in [2.45, 2.75) is 52.4 Å². The zero-order valence-electron chi connectivity index (χ0n) is 12.2. The van der Waals surface area contributed by atoms with E-state index in [0.29, 0.717) is 16.0 Å². The van der Waals surface area contributed by atoms with Crippen LogP contribution in [-0.2, 0) is 0 Å². The molecular formula is C18H26ClNO2. The number of halogens is 1. The largest absolute Gasteiger partial charge is 0.508 e. The average Bonchev–Trinajstić information content (AvgIpc) is 2.47. The number of carbonyl (C=O) groups excluding carboxylic acids is 1.